The molecule has 2 rings (SSSR count). The molecule has 0 radical (unpaired) electrons. The molecule has 1 aromatic carbocycles. The molecule has 1 amide bonds. The number of benzene rings is 1. The molecule has 2 N–H and O–H groups in total. The van der Waals surface area contributed by atoms with E-state index in [1.54, 1.807) is 0 Å². The maximum Gasteiger partial charge on any atom is 0.244 e. The maximum absolute atomic E-state index is 13.0. The Morgan fingerprint density at radius 1 is 1.47 bits per heavy atom. The number of hydrogen-bond donors (Lipinski definition) is 1. The third-order valence-corrected chi connectivity index (χ3v) is 5.90. The predicted molar refractivity (Wildman–Crippen MR) is 70.2 cm³/mol. The van der Waals surface area contributed by atoms with Crippen LogP contribution in [0.1, 0.15) is 12.8 Å². The molecule has 1 fully saturated rings. The molecule has 0 spiro atoms. The summed E-state index contributed by atoms with van der Waals surface area (Å²) < 4.78 is 39.1. The van der Waals surface area contributed by atoms with Crippen molar-refractivity contribution in [1.29, 1.82) is 0 Å². The van der Waals surface area contributed by atoms with Gasteiger partial charge in [-0.05, 0) is 47.0 Å². The molecule has 104 valence electrons. The van der Waals surface area contributed by atoms with E-state index in [9.17, 15) is 17.6 Å². The third kappa shape index (κ3) is 2.65. The normalized spacial score (nSPS) is 20.6. The SMILES string of the molecule is NC(=O)C1CCCN1S(=O)(=O)c1ccc(F)cc1Br. The second-order valence-electron chi connectivity index (χ2n) is 4.25. The summed E-state index contributed by atoms with van der Waals surface area (Å²) in [5, 5.41) is 0. The molecular weight excluding hydrogens is 339 g/mol. The standard InChI is InChI=1S/C11H12BrFN2O3S/c12-8-6-7(13)3-4-10(8)19(17,18)15-5-1-2-9(15)11(14)16/h3-4,6,9H,1-2,5H2,(H2,14,16). The van der Waals surface area contributed by atoms with Crippen molar-refractivity contribution in [2.24, 2.45) is 5.73 Å². The summed E-state index contributed by atoms with van der Waals surface area (Å²) in [5.74, 6) is -1.21. The molecule has 0 aromatic heterocycles. The number of nitrogens with two attached hydrogens (primary N) is 1. The lowest BCUT2D eigenvalue weighted by atomic mass is 10.2. The van der Waals surface area contributed by atoms with Crippen molar-refractivity contribution in [2.45, 2.75) is 23.8 Å². The summed E-state index contributed by atoms with van der Waals surface area (Å²) >= 11 is 3.02. The minimum absolute atomic E-state index is 0.0675. The predicted octanol–water partition coefficient (Wildman–Crippen LogP) is 1.23. The van der Waals surface area contributed by atoms with Gasteiger partial charge >= 0.3 is 0 Å². The van der Waals surface area contributed by atoms with Crippen LogP contribution in [-0.2, 0) is 14.8 Å². The number of rotatable bonds is 3. The molecule has 1 saturated heterocycles. The van der Waals surface area contributed by atoms with Crippen LogP contribution in [0.5, 0.6) is 0 Å². The van der Waals surface area contributed by atoms with Gasteiger partial charge < -0.3 is 5.73 Å². The number of amides is 1. The van der Waals surface area contributed by atoms with E-state index in [0.29, 0.717) is 12.8 Å². The Balaban J connectivity index is 2.45. The lowest BCUT2D eigenvalue weighted by Gasteiger charge is -2.22. The number of carbonyl (C=O) groups excluding carboxylic acids is 1. The Hall–Kier alpha value is -0.990. The van der Waals surface area contributed by atoms with Crippen LogP contribution < -0.4 is 5.73 Å². The smallest absolute Gasteiger partial charge is 0.244 e. The quantitative estimate of drug-likeness (QED) is 0.889. The summed E-state index contributed by atoms with van der Waals surface area (Å²) in [5.41, 5.74) is 5.21. The number of sulfonamides is 1. The van der Waals surface area contributed by atoms with E-state index in [0.717, 1.165) is 16.4 Å². The Kier molecular flexibility index (Phi) is 3.93. The minimum atomic E-state index is -3.86. The van der Waals surface area contributed by atoms with Gasteiger partial charge in [-0.1, -0.05) is 0 Å². The van der Waals surface area contributed by atoms with Crippen LogP contribution in [0.15, 0.2) is 27.6 Å². The van der Waals surface area contributed by atoms with E-state index < -0.39 is 27.8 Å². The highest BCUT2D eigenvalue weighted by molar-refractivity contribution is 9.10. The van der Waals surface area contributed by atoms with Gasteiger partial charge in [0.2, 0.25) is 15.9 Å². The molecule has 1 aliphatic heterocycles. The highest BCUT2D eigenvalue weighted by atomic mass is 79.9. The average Bonchev–Trinajstić information content (AvgIpc) is 2.77. The van der Waals surface area contributed by atoms with Crippen LogP contribution in [0.3, 0.4) is 0 Å². The summed E-state index contributed by atoms with van der Waals surface area (Å²) in [6, 6.07) is 2.47. The van der Waals surface area contributed by atoms with Crippen molar-refractivity contribution in [1.82, 2.24) is 4.31 Å². The molecular formula is C11H12BrFN2O3S. The van der Waals surface area contributed by atoms with Gasteiger partial charge in [0, 0.05) is 11.0 Å². The van der Waals surface area contributed by atoms with E-state index in [-0.39, 0.29) is 15.9 Å². The van der Waals surface area contributed by atoms with Gasteiger partial charge in [0.1, 0.15) is 11.9 Å². The molecule has 19 heavy (non-hydrogen) atoms. The summed E-state index contributed by atoms with van der Waals surface area (Å²) in [6.07, 6.45) is 0.985. The number of hydrogen-bond acceptors (Lipinski definition) is 3. The Morgan fingerprint density at radius 2 is 2.16 bits per heavy atom. The van der Waals surface area contributed by atoms with Crippen LogP contribution in [0.2, 0.25) is 0 Å². The van der Waals surface area contributed by atoms with E-state index in [2.05, 4.69) is 15.9 Å². The fourth-order valence-electron chi connectivity index (χ4n) is 2.12. The Bertz CT molecular complexity index is 620. The van der Waals surface area contributed by atoms with Crippen molar-refractivity contribution in [3.63, 3.8) is 0 Å². The number of carbonyl (C=O) groups is 1. The summed E-state index contributed by atoms with van der Waals surface area (Å²) in [6.45, 7) is 0.236. The molecule has 1 aliphatic rings. The highest BCUT2D eigenvalue weighted by Gasteiger charge is 2.39. The first kappa shape index (κ1) is 14.4. The number of nitrogens with zero attached hydrogens (tertiary/aromatic N) is 1. The number of halogens is 2. The summed E-state index contributed by atoms with van der Waals surface area (Å²) in [7, 11) is -3.86. The van der Waals surface area contributed by atoms with E-state index in [1.165, 1.54) is 6.07 Å². The van der Waals surface area contributed by atoms with E-state index >= 15 is 0 Å². The molecule has 5 nitrogen and oxygen atoms in total. The van der Waals surface area contributed by atoms with Gasteiger partial charge in [-0.15, -0.1) is 0 Å². The van der Waals surface area contributed by atoms with Crippen LogP contribution in [0, 0.1) is 5.82 Å². The second-order valence-corrected chi connectivity index (χ2v) is 6.96. The number of primary amides is 1. The van der Waals surface area contributed by atoms with Crippen LogP contribution >= 0.6 is 15.9 Å². The molecule has 1 heterocycles. The van der Waals surface area contributed by atoms with E-state index in [1.807, 2.05) is 0 Å². The Labute approximate surface area is 118 Å². The van der Waals surface area contributed by atoms with Crippen LogP contribution in [0.25, 0.3) is 0 Å². The van der Waals surface area contributed by atoms with Gasteiger partial charge in [0.15, 0.2) is 0 Å². The third-order valence-electron chi connectivity index (χ3n) is 3.01. The van der Waals surface area contributed by atoms with Gasteiger partial charge in [0.05, 0.1) is 4.90 Å². The largest absolute Gasteiger partial charge is 0.368 e. The zero-order chi connectivity index (χ0) is 14.2. The van der Waals surface area contributed by atoms with E-state index in [4.69, 9.17) is 5.73 Å². The van der Waals surface area contributed by atoms with Crippen LogP contribution in [0.4, 0.5) is 4.39 Å². The fourth-order valence-corrected chi connectivity index (χ4v) is 4.80. The maximum atomic E-state index is 13.0. The summed E-state index contributed by atoms with van der Waals surface area (Å²) in [4.78, 5) is 11.2. The highest BCUT2D eigenvalue weighted by Crippen LogP contribution is 2.30. The molecule has 0 aliphatic carbocycles. The first-order chi connectivity index (χ1) is 8.84. The van der Waals surface area contributed by atoms with Crippen molar-refractivity contribution in [3.05, 3.63) is 28.5 Å². The van der Waals surface area contributed by atoms with Crippen molar-refractivity contribution in [2.75, 3.05) is 6.54 Å². The molecule has 0 saturated carbocycles. The minimum Gasteiger partial charge on any atom is -0.368 e. The zero-order valence-electron chi connectivity index (χ0n) is 9.84. The lowest BCUT2D eigenvalue weighted by molar-refractivity contribution is -0.121. The van der Waals surface area contributed by atoms with Crippen molar-refractivity contribution >= 4 is 31.9 Å². The topological polar surface area (TPSA) is 80.5 Å². The van der Waals surface area contributed by atoms with Gasteiger partial charge in [0.25, 0.3) is 0 Å². The molecule has 0 bridgehead atoms. The molecule has 1 aromatic rings. The van der Waals surface area contributed by atoms with Crippen molar-refractivity contribution < 1.29 is 17.6 Å². The monoisotopic (exact) mass is 350 g/mol. The van der Waals surface area contributed by atoms with Gasteiger partial charge in [-0.25, -0.2) is 12.8 Å². The molecule has 1 atom stereocenters. The van der Waals surface area contributed by atoms with Gasteiger partial charge in [-0.2, -0.15) is 4.31 Å². The average molecular weight is 351 g/mol. The first-order valence-corrected chi connectivity index (χ1v) is 7.83. The molecule has 8 heteroatoms. The Morgan fingerprint density at radius 3 is 2.74 bits per heavy atom. The second kappa shape index (κ2) is 5.18. The zero-order valence-corrected chi connectivity index (χ0v) is 12.2. The van der Waals surface area contributed by atoms with Crippen LogP contribution in [-0.4, -0.2) is 31.2 Å². The first-order valence-electron chi connectivity index (χ1n) is 5.60. The van der Waals surface area contributed by atoms with Gasteiger partial charge in [-0.3, -0.25) is 4.79 Å². The lowest BCUT2D eigenvalue weighted by Crippen LogP contribution is -2.43. The van der Waals surface area contributed by atoms with Crippen molar-refractivity contribution in [3.8, 4) is 0 Å². The fraction of sp³-hybridized carbons (Fsp3) is 0.364. The molecule has 1 unspecified atom stereocenters.